The zero-order valence-electron chi connectivity index (χ0n) is 27.7. The van der Waals surface area contributed by atoms with Gasteiger partial charge in [-0.1, -0.05) is 153 Å². The summed E-state index contributed by atoms with van der Waals surface area (Å²) in [5, 5.41) is 14.4. The van der Waals surface area contributed by atoms with Crippen LogP contribution >= 0.6 is 0 Å². The first-order chi connectivity index (χ1) is 24.2. The maximum Gasteiger partial charge on any atom is 0.160 e. The number of benzene rings is 8. The van der Waals surface area contributed by atoms with Crippen molar-refractivity contribution in [1.82, 2.24) is 9.97 Å². The fraction of sp³-hybridized carbons (Fsp3) is 0.0870. The Morgan fingerprint density at radius 3 is 1.86 bits per heavy atom. The van der Waals surface area contributed by atoms with Crippen molar-refractivity contribution < 1.29 is 0 Å². The molecule has 0 saturated carbocycles. The molecule has 0 unspecified atom stereocenters. The van der Waals surface area contributed by atoms with Crippen molar-refractivity contribution in [2.45, 2.75) is 25.9 Å². The highest BCUT2D eigenvalue weighted by molar-refractivity contribution is 7.05. The van der Waals surface area contributed by atoms with Gasteiger partial charge in [0, 0.05) is 21.9 Å². The van der Waals surface area contributed by atoms with Gasteiger partial charge in [-0.25, -0.2) is 9.97 Å². The van der Waals surface area contributed by atoms with Crippen LogP contribution in [0.3, 0.4) is 0 Å². The standard InChI is InChI=1S/C46H34N2Si/c1-3-49(4-2)42-21-13-12-20-36(42)41-27-39-35-24-23-31(26-38(35)33-18-10-11-19-34(33)40(39)28-43(41)49)46-47-44(30-15-6-5-7-16-30)37-25-22-29-14-8-9-17-32(29)45(37)48-46/h5-28H,3-4H2,1-2H3. The third-order valence-electron chi connectivity index (χ3n) is 11.3. The third-order valence-corrected chi connectivity index (χ3v) is 16.7. The quantitative estimate of drug-likeness (QED) is 0.141. The van der Waals surface area contributed by atoms with E-state index >= 15 is 0 Å². The Labute approximate surface area is 286 Å². The number of aromatic nitrogens is 2. The Hall–Kier alpha value is -5.64. The van der Waals surface area contributed by atoms with E-state index in [0.717, 1.165) is 38.9 Å². The minimum absolute atomic E-state index is 0.748. The largest absolute Gasteiger partial charge is 0.227 e. The molecule has 0 radical (unpaired) electrons. The van der Waals surface area contributed by atoms with E-state index < -0.39 is 8.07 Å². The molecule has 1 aliphatic heterocycles. The van der Waals surface area contributed by atoms with Crippen LogP contribution in [0.1, 0.15) is 13.8 Å². The average molecular weight is 643 g/mol. The summed E-state index contributed by atoms with van der Waals surface area (Å²) in [5.41, 5.74) is 6.95. The second-order valence-electron chi connectivity index (χ2n) is 13.5. The van der Waals surface area contributed by atoms with Crippen LogP contribution in [0.5, 0.6) is 0 Å². The first-order valence-corrected chi connectivity index (χ1v) is 19.9. The van der Waals surface area contributed by atoms with E-state index in [2.05, 4.69) is 159 Å². The maximum atomic E-state index is 5.31. The Morgan fingerprint density at radius 2 is 1.06 bits per heavy atom. The van der Waals surface area contributed by atoms with Crippen LogP contribution in [0.2, 0.25) is 12.1 Å². The lowest BCUT2D eigenvalue weighted by Gasteiger charge is -2.27. The molecule has 0 amide bonds. The molecule has 1 aromatic heterocycles. The normalized spacial score (nSPS) is 13.4. The molecule has 2 heterocycles. The van der Waals surface area contributed by atoms with Crippen LogP contribution in [-0.4, -0.2) is 18.0 Å². The summed E-state index contributed by atoms with van der Waals surface area (Å²) in [6, 6.07) is 56.0. The van der Waals surface area contributed by atoms with Gasteiger partial charge in [0.2, 0.25) is 0 Å². The van der Waals surface area contributed by atoms with E-state index in [0.29, 0.717) is 0 Å². The monoisotopic (exact) mass is 642 g/mol. The molecule has 0 fully saturated rings. The van der Waals surface area contributed by atoms with Crippen molar-refractivity contribution in [2.24, 2.45) is 0 Å². The van der Waals surface area contributed by atoms with E-state index in [1.165, 1.54) is 60.9 Å². The lowest BCUT2D eigenvalue weighted by atomic mass is 9.91. The summed E-state index contributed by atoms with van der Waals surface area (Å²) in [7, 11) is -1.84. The van der Waals surface area contributed by atoms with E-state index in [4.69, 9.17) is 9.97 Å². The molecule has 0 atom stereocenters. The van der Waals surface area contributed by atoms with Crippen LogP contribution in [0.4, 0.5) is 0 Å². The van der Waals surface area contributed by atoms with Gasteiger partial charge in [0.15, 0.2) is 5.82 Å². The van der Waals surface area contributed by atoms with Gasteiger partial charge >= 0.3 is 0 Å². The summed E-state index contributed by atoms with van der Waals surface area (Å²) < 4.78 is 0. The van der Waals surface area contributed by atoms with Crippen molar-refractivity contribution in [2.75, 3.05) is 0 Å². The van der Waals surface area contributed by atoms with Crippen molar-refractivity contribution in [3.8, 4) is 33.8 Å². The lowest BCUT2D eigenvalue weighted by Crippen LogP contribution is -2.53. The van der Waals surface area contributed by atoms with Crippen LogP contribution < -0.4 is 10.4 Å². The van der Waals surface area contributed by atoms with E-state index in [9.17, 15) is 0 Å². The third kappa shape index (κ3) is 4.00. The molecule has 0 spiro atoms. The second kappa shape index (κ2) is 10.7. The molecule has 10 rings (SSSR count). The van der Waals surface area contributed by atoms with Crippen LogP contribution in [0.15, 0.2) is 146 Å². The van der Waals surface area contributed by atoms with Gasteiger partial charge < -0.3 is 0 Å². The SMILES string of the molecule is CC[Si]1(CC)c2ccccc2-c2cc3c4ccc(-c5nc(-c6ccccc6)c6ccc7ccccc7c6n5)cc4c4ccccc4c3cc21. The van der Waals surface area contributed by atoms with Gasteiger partial charge in [-0.2, -0.15) is 0 Å². The highest BCUT2D eigenvalue weighted by atomic mass is 28.3. The molecule has 3 heteroatoms. The fourth-order valence-electron chi connectivity index (χ4n) is 8.86. The van der Waals surface area contributed by atoms with Gasteiger partial charge in [-0.15, -0.1) is 0 Å². The Kier molecular flexibility index (Phi) is 6.19. The molecule has 49 heavy (non-hydrogen) atoms. The molecule has 0 N–H and O–H groups in total. The van der Waals surface area contributed by atoms with E-state index in [1.807, 2.05) is 0 Å². The molecular formula is C46H34N2Si. The molecule has 0 bridgehead atoms. The lowest BCUT2D eigenvalue weighted by molar-refractivity contribution is 1.24. The van der Waals surface area contributed by atoms with E-state index in [-0.39, 0.29) is 0 Å². The Morgan fingerprint density at radius 1 is 0.429 bits per heavy atom. The predicted octanol–water partition coefficient (Wildman–Crippen LogP) is 11.2. The van der Waals surface area contributed by atoms with Gasteiger partial charge in [-0.3, -0.25) is 0 Å². The molecule has 232 valence electrons. The number of nitrogens with zero attached hydrogens (tertiary/aromatic N) is 2. The summed E-state index contributed by atoms with van der Waals surface area (Å²) in [4.78, 5) is 10.6. The van der Waals surface area contributed by atoms with E-state index in [1.54, 1.807) is 10.4 Å². The summed E-state index contributed by atoms with van der Waals surface area (Å²) in [6.45, 7) is 4.82. The molecule has 0 aliphatic carbocycles. The van der Waals surface area contributed by atoms with Gasteiger partial charge in [0.1, 0.15) is 8.07 Å². The topological polar surface area (TPSA) is 25.8 Å². The summed E-state index contributed by atoms with van der Waals surface area (Å²) >= 11 is 0. The minimum atomic E-state index is -1.84. The Bertz CT molecular complexity index is 2800. The smallest absolute Gasteiger partial charge is 0.160 e. The molecule has 2 nitrogen and oxygen atoms in total. The molecular weight excluding hydrogens is 609 g/mol. The Balaban J connectivity index is 1.27. The van der Waals surface area contributed by atoms with Gasteiger partial charge in [-0.05, 0) is 77.4 Å². The average Bonchev–Trinajstić information content (AvgIpc) is 3.46. The highest BCUT2D eigenvalue weighted by Gasteiger charge is 2.42. The van der Waals surface area contributed by atoms with Crippen LogP contribution in [0, 0.1) is 0 Å². The van der Waals surface area contributed by atoms with Crippen molar-refractivity contribution >= 4 is 72.4 Å². The van der Waals surface area contributed by atoms with Crippen molar-refractivity contribution in [3.05, 3.63) is 146 Å². The first kappa shape index (κ1) is 28.4. The molecule has 0 saturated heterocycles. The molecule has 9 aromatic rings. The minimum Gasteiger partial charge on any atom is -0.227 e. The van der Waals surface area contributed by atoms with Gasteiger partial charge in [0.25, 0.3) is 0 Å². The maximum absolute atomic E-state index is 5.31. The van der Waals surface area contributed by atoms with Crippen LogP contribution in [-0.2, 0) is 0 Å². The number of hydrogen-bond acceptors (Lipinski definition) is 2. The fourth-order valence-corrected chi connectivity index (χ4v) is 13.5. The first-order valence-electron chi connectivity index (χ1n) is 17.5. The van der Waals surface area contributed by atoms with Crippen molar-refractivity contribution in [1.29, 1.82) is 0 Å². The van der Waals surface area contributed by atoms with Crippen molar-refractivity contribution in [3.63, 3.8) is 0 Å². The molecule has 8 aromatic carbocycles. The number of rotatable bonds is 4. The highest BCUT2D eigenvalue weighted by Crippen LogP contribution is 2.42. The zero-order valence-corrected chi connectivity index (χ0v) is 28.7. The number of fused-ring (bicyclic) bond motifs is 12. The second-order valence-corrected chi connectivity index (χ2v) is 18.2. The number of hydrogen-bond donors (Lipinski definition) is 0. The summed E-state index contributed by atoms with van der Waals surface area (Å²) in [5.74, 6) is 0.748. The van der Waals surface area contributed by atoms with Crippen LogP contribution in [0.25, 0.3) is 87.8 Å². The van der Waals surface area contributed by atoms with Gasteiger partial charge in [0.05, 0.1) is 11.2 Å². The molecule has 1 aliphatic rings. The summed E-state index contributed by atoms with van der Waals surface area (Å²) in [6.07, 6.45) is 0. The predicted molar refractivity (Wildman–Crippen MR) is 212 cm³/mol. The zero-order chi connectivity index (χ0) is 32.7.